The average molecular weight is 488 g/mol. The molecular weight excluding hydrogens is 467 g/mol. The van der Waals surface area contributed by atoms with Gasteiger partial charge in [0.25, 0.3) is 0 Å². The number of β-amino-alcohol motifs (C(OH)–C–C–N with tert-alkyl or cyclic N) is 1. The summed E-state index contributed by atoms with van der Waals surface area (Å²) in [5, 5.41) is 19.2. The molecule has 2 unspecified atom stereocenters. The molecule has 0 aliphatic carbocycles. The normalized spacial score (nSPS) is 16.5. The Balaban J connectivity index is 1.79. The Kier molecular flexibility index (Phi) is 6.94. The van der Waals surface area contributed by atoms with Crippen LogP contribution in [0.4, 0.5) is 27.6 Å². The SMILES string of the molecule is N#Cc1cccc(-c2cccc3c2CCC(c2cccc(OC(F)F)c2)N3CC(O)C(F)(F)F)c1. The largest absolute Gasteiger partial charge is 0.435 e. The van der Waals surface area contributed by atoms with Crippen LogP contribution in [0.15, 0.2) is 66.7 Å². The summed E-state index contributed by atoms with van der Waals surface area (Å²) in [7, 11) is 0. The number of aliphatic hydroxyl groups excluding tert-OH is 1. The molecule has 4 nitrogen and oxygen atoms in total. The average Bonchev–Trinajstić information content (AvgIpc) is 2.83. The third-order valence-electron chi connectivity index (χ3n) is 6.02. The number of halogens is 5. The van der Waals surface area contributed by atoms with E-state index in [4.69, 9.17) is 0 Å². The van der Waals surface area contributed by atoms with Crippen molar-refractivity contribution in [2.45, 2.75) is 37.8 Å². The Hall–Kier alpha value is -3.64. The summed E-state index contributed by atoms with van der Waals surface area (Å²) in [4.78, 5) is 1.47. The predicted octanol–water partition coefficient (Wildman–Crippen LogP) is 6.24. The minimum absolute atomic E-state index is 0.0957. The van der Waals surface area contributed by atoms with Gasteiger partial charge < -0.3 is 14.7 Å². The van der Waals surface area contributed by atoms with Crippen molar-refractivity contribution in [1.82, 2.24) is 0 Å². The molecule has 4 rings (SSSR count). The number of rotatable bonds is 6. The van der Waals surface area contributed by atoms with Crippen LogP contribution in [-0.4, -0.2) is 30.5 Å². The van der Waals surface area contributed by atoms with Crippen molar-refractivity contribution in [2.75, 3.05) is 11.4 Å². The molecule has 3 aromatic rings. The molecule has 0 saturated heterocycles. The highest BCUT2D eigenvalue weighted by Crippen LogP contribution is 2.44. The molecule has 1 heterocycles. The van der Waals surface area contributed by atoms with Crippen LogP contribution in [0.5, 0.6) is 5.75 Å². The Labute approximate surface area is 198 Å². The molecule has 1 aliphatic rings. The summed E-state index contributed by atoms with van der Waals surface area (Å²) in [6.07, 6.45) is -6.57. The number of anilines is 1. The Morgan fingerprint density at radius 2 is 1.80 bits per heavy atom. The molecule has 9 heteroatoms. The summed E-state index contributed by atoms with van der Waals surface area (Å²) in [5.41, 5.74) is 3.77. The molecule has 1 N–H and O–H groups in total. The van der Waals surface area contributed by atoms with E-state index in [0.717, 1.165) is 16.7 Å². The lowest BCUT2D eigenvalue weighted by Crippen LogP contribution is -2.44. The minimum atomic E-state index is -4.83. The highest BCUT2D eigenvalue weighted by atomic mass is 19.4. The van der Waals surface area contributed by atoms with Crippen molar-refractivity contribution < 1.29 is 31.8 Å². The highest BCUT2D eigenvalue weighted by Gasteiger charge is 2.41. The second-order valence-corrected chi connectivity index (χ2v) is 8.21. The standard InChI is InChI=1S/C26H21F5N2O2/c27-25(28)35-19-7-2-6-18(13-19)22-11-10-21-20(17-5-1-4-16(12-17)14-32)8-3-9-23(21)33(22)15-24(34)26(29,30)31/h1-9,12-13,22,24-25,34H,10-11,15H2. The van der Waals surface area contributed by atoms with Crippen LogP contribution in [-0.2, 0) is 6.42 Å². The molecule has 0 radical (unpaired) electrons. The monoisotopic (exact) mass is 488 g/mol. The van der Waals surface area contributed by atoms with Gasteiger partial charge in [0, 0.05) is 5.69 Å². The maximum atomic E-state index is 13.3. The molecule has 2 atom stereocenters. The van der Waals surface area contributed by atoms with Crippen LogP contribution >= 0.6 is 0 Å². The number of nitriles is 1. The van der Waals surface area contributed by atoms with Crippen LogP contribution in [0.1, 0.15) is 29.2 Å². The van der Waals surface area contributed by atoms with Crippen LogP contribution in [0.2, 0.25) is 0 Å². The molecule has 1 aliphatic heterocycles. The van der Waals surface area contributed by atoms with E-state index >= 15 is 0 Å². The van der Waals surface area contributed by atoms with Gasteiger partial charge in [0.05, 0.1) is 24.2 Å². The van der Waals surface area contributed by atoms with Crippen molar-refractivity contribution in [3.05, 3.63) is 83.4 Å². The number of hydrogen-bond acceptors (Lipinski definition) is 4. The number of nitrogens with zero attached hydrogens (tertiary/aromatic N) is 2. The first-order chi connectivity index (χ1) is 16.7. The first-order valence-corrected chi connectivity index (χ1v) is 10.9. The van der Waals surface area contributed by atoms with E-state index in [1.54, 1.807) is 36.4 Å². The number of ether oxygens (including phenoxy) is 1. The van der Waals surface area contributed by atoms with Crippen LogP contribution in [0.25, 0.3) is 11.1 Å². The molecule has 3 aromatic carbocycles. The van der Waals surface area contributed by atoms with Crippen molar-refractivity contribution in [1.29, 1.82) is 5.26 Å². The number of aliphatic hydroxyl groups is 1. The van der Waals surface area contributed by atoms with Gasteiger partial charge in [0.1, 0.15) is 5.75 Å². The van der Waals surface area contributed by atoms with E-state index in [0.29, 0.717) is 29.7 Å². The molecule has 0 amide bonds. The van der Waals surface area contributed by atoms with E-state index in [-0.39, 0.29) is 5.75 Å². The van der Waals surface area contributed by atoms with Gasteiger partial charge in [-0.05, 0) is 65.4 Å². The first kappa shape index (κ1) is 24.5. The first-order valence-electron chi connectivity index (χ1n) is 10.9. The second kappa shape index (κ2) is 9.92. The molecule has 0 saturated carbocycles. The van der Waals surface area contributed by atoms with Gasteiger partial charge in [0.15, 0.2) is 6.10 Å². The third-order valence-corrected chi connectivity index (χ3v) is 6.02. The van der Waals surface area contributed by atoms with Gasteiger partial charge in [-0.1, -0.05) is 36.4 Å². The minimum Gasteiger partial charge on any atom is -0.435 e. The summed E-state index contributed by atoms with van der Waals surface area (Å²) in [5.74, 6) is -0.0957. The quantitative estimate of drug-likeness (QED) is 0.417. The molecule has 0 fully saturated rings. The molecule has 0 bridgehead atoms. The summed E-state index contributed by atoms with van der Waals surface area (Å²) in [6.45, 7) is -3.77. The highest BCUT2D eigenvalue weighted by molar-refractivity contribution is 5.76. The summed E-state index contributed by atoms with van der Waals surface area (Å²) < 4.78 is 69.9. The lowest BCUT2D eigenvalue weighted by molar-refractivity contribution is -0.200. The Bertz CT molecular complexity index is 1240. The van der Waals surface area contributed by atoms with Crippen molar-refractivity contribution >= 4 is 5.69 Å². The van der Waals surface area contributed by atoms with E-state index in [9.17, 15) is 32.3 Å². The number of fused-ring (bicyclic) bond motifs is 1. The second-order valence-electron chi connectivity index (χ2n) is 8.21. The third kappa shape index (κ3) is 5.38. The molecule has 0 spiro atoms. The maximum Gasteiger partial charge on any atom is 0.416 e. The fourth-order valence-electron chi connectivity index (χ4n) is 4.50. The Morgan fingerprint density at radius 1 is 1.06 bits per heavy atom. The van der Waals surface area contributed by atoms with Crippen LogP contribution in [0.3, 0.4) is 0 Å². The summed E-state index contributed by atoms with van der Waals surface area (Å²) in [6, 6.07) is 19.5. The number of alkyl halides is 5. The maximum absolute atomic E-state index is 13.3. The zero-order chi connectivity index (χ0) is 25.2. The van der Waals surface area contributed by atoms with Gasteiger partial charge in [-0.25, -0.2) is 0 Å². The van der Waals surface area contributed by atoms with Crippen molar-refractivity contribution in [3.63, 3.8) is 0 Å². The van der Waals surface area contributed by atoms with Gasteiger partial charge in [0.2, 0.25) is 0 Å². The van der Waals surface area contributed by atoms with Gasteiger partial charge in [-0.3, -0.25) is 0 Å². The zero-order valence-corrected chi connectivity index (χ0v) is 18.3. The fraction of sp³-hybridized carbons (Fsp3) is 0.269. The van der Waals surface area contributed by atoms with Crippen molar-refractivity contribution in [2.24, 2.45) is 0 Å². The van der Waals surface area contributed by atoms with Gasteiger partial charge in [-0.2, -0.15) is 27.2 Å². The van der Waals surface area contributed by atoms with Gasteiger partial charge >= 0.3 is 12.8 Å². The lowest BCUT2D eigenvalue weighted by Gasteiger charge is -2.41. The number of hydrogen-bond donors (Lipinski definition) is 1. The zero-order valence-electron chi connectivity index (χ0n) is 18.3. The molecule has 35 heavy (non-hydrogen) atoms. The van der Waals surface area contributed by atoms with E-state index in [2.05, 4.69) is 10.8 Å². The van der Waals surface area contributed by atoms with Crippen LogP contribution < -0.4 is 9.64 Å². The van der Waals surface area contributed by atoms with E-state index in [1.165, 1.54) is 23.1 Å². The van der Waals surface area contributed by atoms with Crippen molar-refractivity contribution in [3.8, 4) is 22.9 Å². The lowest BCUT2D eigenvalue weighted by atomic mass is 9.86. The van der Waals surface area contributed by atoms with E-state index < -0.39 is 31.5 Å². The Morgan fingerprint density at radius 3 is 2.51 bits per heavy atom. The fourth-order valence-corrected chi connectivity index (χ4v) is 4.50. The smallest absolute Gasteiger partial charge is 0.416 e. The molecular formula is C26H21F5N2O2. The summed E-state index contributed by atoms with van der Waals surface area (Å²) >= 11 is 0. The number of benzene rings is 3. The van der Waals surface area contributed by atoms with Crippen LogP contribution in [0, 0.1) is 11.3 Å². The van der Waals surface area contributed by atoms with Gasteiger partial charge in [-0.15, -0.1) is 0 Å². The topological polar surface area (TPSA) is 56.5 Å². The van der Waals surface area contributed by atoms with E-state index in [1.807, 2.05) is 12.1 Å². The predicted molar refractivity (Wildman–Crippen MR) is 120 cm³/mol. The molecule has 182 valence electrons. The molecule has 0 aromatic heterocycles.